The topological polar surface area (TPSA) is 14.2 Å². The number of hydrogen-bond acceptors (Lipinski definition) is 1. The Morgan fingerprint density at radius 2 is 1.97 bits per heavy atom. The van der Waals surface area contributed by atoms with Gasteiger partial charge in [-0.2, -0.15) is 0 Å². The molecule has 3 aromatic rings. The van der Waals surface area contributed by atoms with Gasteiger partial charge in [0.2, 0.25) is 0 Å². The molecule has 0 radical (unpaired) electrons. The molecule has 2 atom stereocenters. The third-order valence-corrected chi connectivity index (χ3v) is 6.84. The highest BCUT2D eigenvalue weighted by Crippen LogP contribution is 2.42. The van der Waals surface area contributed by atoms with E-state index in [9.17, 15) is 0 Å². The summed E-state index contributed by atoms with van der Waals surface area (Å²) in [5.74, 6) is 1.38. The Labute approximate surface area is 198 Å². The van der Waals surface area contributed by atoms with E-state index < -0.39 is 0 Å². The second-order valence-corrected chi connectivity index (χ2v) is 9.21. The van der Waals surface area contributed by atoms with Crippen molar-refractivity contribution in [1.29, 1.82) is 0 Å². The standard InChI is InChI=1S/C29H26BrNO/c1-4-10-28-19(3)24-14-9-11-20(29(24)32-28)17-27-23(5-2)25-18-21(30)15-16-26(25)31(27)22-12-7-6-8-13-22/h4-10,12-19,28H,2,11H2,1,3H3/b10-4-,20-17+. The predicted octanol–water partition coefficient (Wildman–Crippen LogP) is 8.24. The lowest BCUT2D eigenvalue weighted by Crippen LogP contribution is -2.11. The number of nitrogens with zero attached hydrogens (tertiary/aromatic N) is 1. The molecular formula is C29H26BrNO. The van der Waals surface area contributed by atoms with Crippen LogP contribution in [0.4, 0.5) is 0 Å². The fraction of sp³-hybridized carbons (Fsp3) is 0.172. The van der Waals surface area contributed by atoms with E-state index in [4.69, 9.17) is 4.74 Å². The molecule has 2 nitrogen and oxygen atoms in total. The van der Waals surface area contributed by atoms with Crippen molar-refractivity contribution in [1.82, 2.24) is 4.57 Å². The van der Waals surface area contributed by atoms with Crippen molar-refractivity contribution in [2.24, 2.45) is 5.92 Å². The number of rotatable bonds is 4. The Kier molecular flexibility index (Phi) is 5.52. The van der Waals surface area contributed by atoms with Gasteiger partial charge in [-0.05, 0) is 55.8 Å². The molecule has 2 aliphatic rings. The SMILES string of the molecule is C=Cc1c(/C=C2\CC=CC3=C2OC(/C=C\C)C3C)n(-c2ccccc2)c2ccc(Br)cc12. The highest BCUT2D eigenvalue weighted by Gasteiger charge is 2.33. The summed E-state index contributed by atoms with van der Waals surface area (Å²) in [5, 5.41) is 1.18. The highest BCUT2D eigenvalue weighted by atomic mass is 79.9. The van der Waals surface area contributed by atoms with Crippen molar-refractivity contribution >= 4 is 39.0 Å². The second-order valence-electron chi connectivity index (χ2n) is 8.29. The molecule has 0 amide bonds. The second kappa shape index (κ2) is 8.48. The van der Waals surface area contributed by atoms with E-state index in [-0.39, 0.29) is 6.10 Å². The Bertz CT molecular complexity index is 1320. The number of fused-ring (bicyclic) bond motifs is 1. The molecule has 1 aliphatic carbocycles. The van der Waals surface area contributed by atoms with Gasteiger partial charge in [-0.15, -0.1) is 0 Å². The molecule has 0 saturated carbocycles. The molecule has 3 heteroatoms. The van der Waals surface area contributed by atoms with Crippen LogP contribution >= 0.6 is 15.9 Å². The van der Waals surface area contributed by atoms with E-state index in [0.29, 0.717) is 5.92 Å². The van der Waals surface area contributed by atoms with Crippen molar-refractivity contribution < 1.29 is 4.74 Å². The summed E-state index contributed by atoms with van der Waals surface area (Å²) >= 11 is 3.65. The summed E-state index contributed by atoms with van der Waals surface area (Å²) in [6.07, 6.45) is 13.9. The van der Waals surface area contributed by atoms with E-state index >= 15 is 0 Å². The molecule has 1 aromatic heterocycles. The smallest absolute Gasteiger partial charge is 0.127 e. The quantitative estimate of drug-likeness (QED) is 0.340. The maximum atomic E-state index is 6.45. The molecule has 2 unspecified atom stereocenters. The zero-order valence-electron chi connectivity index (χ0n) is 18.4. The number of para-hydroxylation sites is 1. The predicted molar refractivity (Wildman–Crippen MR) is 139 cm³/mol. The number of allylic oxidation sites excluding steroid dienone is 4. The first-order chi connectivity index (χ1) is 15.6. The number of hydrogen-bond donors (Lipinski definition) is 0. The van der Waals surface area contributed by atoms with Gasteiger partial charge in [0.15, 0.2) is 0 Å². The van der Waals surface area contributed by atoms with Crippen LogP contribution in [0, 0.1) is 5.92 Å². The lowest BCUT2D eigenvalue weighted by atomic mass is 9.90. The van der Waals surface area contributed by atoms with Crippen LogP contribution in [-0.4, -0.2) is 10.7 Å². The molecule has 0 N–H and O–H groups in total. The Balaban J connectivity index is 1.74. The first-order valence-corrected chi connectivity index (χ1v) is 11.8. The molecule has 0 bridgehead atoms. The lowest BCUT2D eigenvalue weighted by molar-refractivity contribution is 0.163. The summed E-state index contributed by atoms with van der Waals surface area (Å²) in [6.45, 7) is 8.45. The minimum Gasteiger partial charge on any atom is -0.485 e. The molecule has 0 saturated heterocycles. The molecule has 160 valence electrons. The van der Waals surface area contributed by atoms with Gasteiger partial charge in [-0.3, -0.25) is 0 Å². The van der Waals surface area contributed by atoms with Crippen molar-refractivity contribution in [2.45, 2.75) is 26.4 Å². The van der Waals surface area contributed by atoms with Gasteiger partial charge in [0, 0.05) is 38.2 Å². The first kappa shape index (κ1) is 20.8. The van der Waals surface area contributed by atoms with Crippen LogP contribution in [-0.2, 0) is 4.74 Å². The van der Waals surface area contributed by atoms with Gasteiger partial charge in [0.25, 0.3) is 0 Å². The van der Waals surface area contributed by atoms with Gasteiger partial charge in [0.05, 0.1) is 11.2 Å². The molecule has 0 fully saturated rings. The summed E-state index contributed by atoms with van der Waals surface area (Å²) in [5.41, 5.74) is 7.05. The normalized spacial score (nSPS) is 21.5. The number of benzene rings is 2. The average molecular weight is 484 g/mol. The van der Waals surface area contributed by atoms with Crippen LogP contribution in [0.5, 0.6) is 0 Å². The largest absolute Gasteiger partial charge is 0.485 e. The van der Waals surface area contributed by atoms with Gasteiger partial charge in [0.1, 0.15) is 11.9 Å². The van der Waals surface area contributed by atoms with E-state index in [1.165, 1.54) is 16.5 Å². The molecule has 2 aromatic carbocycles. The zero-order valence-corrected chi connectivity index (χ0v) is 20.0. The van der Waals surface area contributed by atoms with E-state index in [1.54, 1.807) is 0 Å². The van der Waals surface area contributed by atoms with Crippen molar-refractivity contribution in [2.75, 3.05) is 0 Å². The average Bonchev–Trinajstić information content (AvgIpc) is 3.29. The van der Waals surface area contributed by atoms with Crippen LogP contribution in [0.3, 0.4) is 0 Å². The molecule has 2 heterocycles. The highest BCUT2D eigenvalue weighted by molar-refractivity contribution is 9.10. The maximum absolute atomic E-state index is 6.45. The molecule has 1 aliphatic heterocycles. The summed E-state index contributed by atoms with van der Waals surface area (Å²) < 4.78 is 9.83. The molecule has 0 spiro atoms. The number of aromatic nitrogens is 1. The van der Waals surface area contributed by atoms with Crippen LogP contribution in [0.15, 0.2) is 101 Å². The zero-order chi connectivity index (χ0) is 22.2. The molecule has 5 rings (SSSR count). The molecule has 32 heavy (non-hydrogen) atoms. The summed E-state index contributed by atoms with van der Waals surface area (Å²) in [7, 11) is 0. The Hall–Kier alpha value is -3.04. The van der Waals surface area contributed by atoms with Gasteiger partial charge >= 0.3 is 0 Å². The first-order valence-electron chi connectivity index (χ1n) is 11.0. The maximum Gasteiger partial charge on any atom is 0.127 e. The fourth-order valence-electron chi connectivity index (χ4n) is 4.79. The third-order valence-electron chi connectivity index (χ3n) is 6.34. The number of halogens is 1. The minimum absolute atomic E-state index is 0.0889. The lowest BCUT2D eigenvalue weighted by Gasteiger charge is -2.15. The van der Waals surface area contributed by atoms with Gasteiger partial charge in [-0.25, -0.2) is 0 Å². The third kappa shape index (κ3) is 3.41. The fourth-order valence-corrected chi connectivity index (χ4v) is 5.15. The van der Waals surface area contributed by atoms with E-state index in [2.05, 4.69) is 113 Å². The van der Waals surface area contributed by atoms with Crippen LogP contribution in [0.1, 0.15) is 31.5 Å². The van der Waals surface area contributed by atoms with Gasteiger partial charge < -0.3 is 9.30 Å². The van der Waals surface area contributed by atoms with Crippen LogP contribution in [0.25, 0.3) is 28.7 Å². The van der Waals surface area contributed by atoms with E-state index in [0.717, 1.165) is 39.1 Å². The van der Waals surface area contributed by atoms with Crippen molar-refractivity contribution in [3.63, 3.8) is 0 Å². The summed E-state index contributed by atoms with van der Waals surface area (Å²) in [6, 6.07) is 17.0. The van der Waals surface area contributed by atoms with Crippen molar-refractivity contribution in [3.05, 3.63) is 112 Å². The van der Waals surface area contributed by atoms with Crippen molar-refractivity contribution in [3.8, 4) is 5.69 Å². The summed E-state index contributed by atoms with van der Waals surface area (Å²) in [4.78, 5) is 0. The van der Waals surface area contributed by atoms with E-state index in [1.807, 2.05) is 13.0 Å². The Morgan fingerprint density at radius 3 is 2.72 bits per heavy atom. The Morgan fingerprint density at radius 1 is 1.16 bits per heavy atom. The van der Waals surface area contributed by atoms with Crippen LogP contribution < -0.4 is 0 Å². The van der Waals surface area contributed by atoms with Gasteiger partial charge in [-0.1, -0.05) is 71.9 Å². The number of ether oxygens (including phenoxy) is 1. The monoisotopic (exact) mass is 483 g/mol. The minimum atomic E-state index is 0.0889. The molecular weight excluding hydrogens is 458 g/mol. The van der Waals surface area contributed by atoms with Crippen LogP contribution in [0.2, 0.25) is 0 Å².